The molecule has 1 amide bonds. The molecule has 0 aromatic heterocycles. The van der Waals surface area contributed by atoms with Crippen LogP contribution in [-0.2, 0) is 77.7 Å². The van der Waals surface area contributed by atoms with Crippen molar-refractivity contribution in [3.05, 3.63) is 21.8 Å². The van der Waals surface area contributed by atoms with Crippen LogP contribution < -0.4 is 5.32 Å². The molecule has 0 aromatic rings. The molecule has 43 heavy (non-hydrogen) atoms. The van der Waals surface area contributed by atoms with Gasteiger partial charge >= 0.3 is 30.5 Å². The molecular weight excluding hydrogens is 768 g/mol. The molecule has 2 aliphatic rings. The van der Waals surface area contributed by atoms with Crippen LogP contribution in [0.5, 0.6) is 0 Å². The molecule has 11 nitrogen and oxygen atoms in total. The second-order valence-electron chi connectivity index (χ2n) is 9.70. The minimum atomic E-state index is -0.615. The van der Waals surface area contributed by atoms with E-state index in [4.69, 9.17) is 41.7 Å². The number of nitrogens with one attached hydrogen (secondary N) is 1. The molecule has 1 saturated heterocycles. The number of esters is 2. The van der Waals surface area contributed by atoms with Gasteiger partial charge in [0.1, 0.15) is 18.8 Å². The van der Waals surface area contributed by atoms with E-state index in [-0.39, 0.29) is 78.8 Å². The molecule has 251 valence electrons. The molecule has 3 N–H and O–H groups in total. The predicted octanol–water partition coefficient (Wildman–Crippen LogP) is 2.48. The van der Waals surface area contributed by atoms with Gasteiger partial charge in [0.2, 0.25) is 5.91 Å². The third kappa shape index (κ3) is 23.5. The quantitative estimate of drug-likeness (QED) is 0.110. The summed E-state index contributed by atoms with van der Waals surface area (Å²) in [5.74, 6) is -0.176. The molecule has 7 atom stereocenters. The second-order valence-corrected chi connectivity index (χ2v) is 9.70. The van der Waals surface area contributed by atoms with Crippen molar-refractivity contribution < 1.29 is 87.9 Å². The van der Waals surface area contributed by atoms with E-state index in [1.54, 1.807) is 0 Å². The van der Waals surface area contributed by atoms with E-state index in [2.05, 4.69) is 12.2 Å². The van der Waals surface area contributed by atoms with E-state index in [1.165, 1.54) is 13.8 Å². The topological polar surface area (TPSA) is 150 Å². The fourth-order valence-electron chi connectivity index (χ4n) is 4.32. The third-order valence-corrected chi connectivity index (χ3v) is 6.59. The number of rotatable bonds is 13. The average molecular weight is 823 g/mol. The van der Waals surface area contributed by atoms with E-state index < -0.39 is 30.4 Å². The zero-order chi connectivity index (χ0) is 29.8. The zero-order valence-corrected chi connectivity index (χ0v) is 31.5. The third-order valence-electron chi connectivity index (χ3n) is 6.59. The summed E-state index contributed by atoms with van der Waals surface area (Å²) in [6.07, 6.45) is 2.41. The van der Waals surface area contributed by atoms with Crippen molar-refractivity contribution in [3.8, 4) is 0 Å². The van der Waals surface area contributed by atoms with E-state index in [1.807, 2.05) is 13.8 Å². The van der Waals surface area contributed by atoms with Crippen molar-refractivity contribution in [1.29, 1.82) is 0 Å². The van der Waals surface area contributed by atoms with Crippen molar-refractivity contribution in [2.45, 2.75) is 84.1 Å². The van der Waals surface area contributed by atoms with Crippen LogP contribution in [0, 0.1) is 39.5 Å². The number of aliphatic hydroxyl groups excluding tert-OH is 2. The van der Waals surface area contributed by atoms with Gasteiger partial charge < -0.3 is 61.0 Å². The monoisotopic (exact) mass is 823 g/mol. The summed E-state index contributed by atoms with van der Waals surface area (Å²) < 4.78 is 27.3. The number of carbonyl (C=O) groups excluding carboxylic acids is 3. The fraction of sp³-hybridized carbons (Fsp3) is 0.793. The smallest absolute Gasteiger partial charge is 0.463 e. The van der Waals surface area contributed by atoms with E-state index in [9.17, 15) is 14.4 Å². The Hall–Kier alpha value is -0.452. The van der Waals surface area contributed by atoms with Crippen LogP contribution in [0.4, 0.5) is 0 Å². The van der Waals surface area contributed by atoms with Crippen LogP contribution in [0.25, 0.3) is 0 Å². The molecule has 7 unspecified atom stereocenters. The first-order chi connectivity index (χ1) is 18.6. The maximum atomic E-state index is 11.8. The van der Waals surface area contributed by atoms with Gasteiger partial charge in [0.25, 0.3) is 0 Å². The molecule has 1 aliphatic carbocycles. The summed E-state index contributed by atoms with van der Waals surface area (Å²) in [5, 5.41) is 18.4. The average Bonchev–Trinajstić information content (AvgIpc) is 3.34. The number of amides is 1. The Balaban J connectivity index is -0.000000294. The van der Waals surface area contributed by atoms with Crippen molar-refractivity contribution in [2.24, 2.45) is 17.8 Å². The first kappa shape index (κ1) is 52.1. The maximum absolute atomic E-state index is 11.8. The van der Waals surface area contributed by atoms with E-state index in [0.29, 0.717) is 57.5 Å². The van der Waals surface area contributed by atoms with Crippen LogP contribution in [0.2, 0.25) is 5.82 Å². The largest absolute Gasteiger partial charge is 2.00 e. The molecule has 3 radical (unpaired) electrons. The summed E-state index contributed by atoms with van der Waals surface area (Å²) >= 11 is 0. The number of ether oxygens (including phenoxy) is 5. The Morgan fingerprint density at radius 3 is 2.14 bits per heavy atom. The Labute approximate surface area is 288 Å². The molecular formula is C29H55BNO10VW-. The fourth-order valence-corrected chi connectivity index (χ4v) is 4.32. The Morgan fingerprint density at radius 1 is 1.05 bits per heavy atom. The first-order valence-electron chi connectivity index (χ1n) is 13.6. The zero-order valence-electron chi connectivity index (χ0n) is 27.1. The van der Waals surface area contributed by atoms with Gasteiger partial charge in [0, 0.05) is 73.4 Å². The SMILES string of the molecule is CO.[B]C1CCC(CO)C1.[CH2-]COCCNC(=O)CCCOC1OC(COC(C)=O)C(OC(C)=O)C(C)C1C.[CH3-].[CH3-].[V+2].[W]. The maximum Gasteiger partial charge on any atom is 2.00 e. The van der Waals surface area contributed by atoms with Gasteiger partial charge in [-0.25, -0.2) is 0 Å². The summed E-state index contributed by atoms with van der Waals surface area (Å²) in [7, 11) is 6.59. The Kier molecular flexibility index (Phi) is 38.2. The van der Waals surface area contributed by atoms with Gasteiger partial charge in [0.15, 0.2) is 6.29 Å². The number of hydrogen-bond acceptors (Lipinski definition) is 10. The van der Waals surface area contributed by atoms with Crippen molar-refractivity contribution in [1.82, 2.24) is 5.32 Å². The summed E-state index contributed by atoms with van der Waals surface area (Å²) in [6.45, 7) is 12.0. The van der Waals surface area contributed by atoms with Gasteiger partial charge in [-0.3, -0.25) is 14.4 Å². The van der Waals surface area contributed by atoms with Gasteiger partial charge in [-0.1, -0.05) is 39.1 Å². The molecule has 2 rings (SSSR count). The van der Waals surface area contributed by atoms with Crippen molar-refractivity contribution >= 4 is 25.7 Å². The predicted molar refractivity (Wildman–Crippen MR) is 158 cm³/mol. The van der Waals surface area contributed by atoms with Gasteiger partial charge in [-0.15, -0.1) is 0 Å². The van der Waals surface area contributed by atoms with Crippen LogP contribution in [0.15, 0.2) is 0 Å². The molecule has 0 bridgehead atoms. The van der Waals surface area contributed by atoms with Gasteiger partial charge in [-0.05, 0) is 18.8 Å². The standard InChI is InChI=1S/C20H34NO8.C6H11BO.CH4O.2CH3.V.W/c1-6-25-11-9-21-18(24)8-7-10-26-20-14(3)13(2)19(28-16(5)23)17(29-20)12-27-15(4)22;7-6-2-1-5(3-6)4-8;1-2;;;;/h13-14,17,19-20H,1,6-12H2,2-5H3,(H,21,24);5-6,8H,1-4H2;2H,1H3;2*1H3;;/q-1;;;2*-1;+2;. The molecule has 2 fully saturated rings. The minimum absolute atomic E-state index is 0. The Morgan fingerprint density at radius 2 is 1.67 bits per heavy atom. The van der Waals surface area contributed by atoms with Crippen LogP contribution >= 0.6 is 0 Å². The molecule has 14 heteroatoms. The Bertz CT molecular complexity index is 698. The van der Waals surface area contributed by atoms with E-state index in [0.717, 1.165) is 26.4 Å². The minimum Gasteiger partial charge on any atom is -0.463 e. The molecule has 1 aliphatic heterocycles. The number of carbonyl (C=O) groups is 3. The van der Waals surface area contributed by atoms with Crippen LogP contribution in [0.1, 0.15) is 59.8 Å². The van der Waals surface area contributed by atoms with Crippen molar-refractivity contribution in [2.75, 3.05) is 46.7 Å². The molecule has 1 heterocycles. The first-order valence-corrected chi connectivity index (χ1v) is 13.6. The summed E-state index contributed by atoms with van der Waals surface area (Å²) in [5.41, 5.74) is 0. The molecule has 1 saturated carbocycles. The van der Waals surface area contributed by atoms with Gasteiger partial charge in [-0.2, -0.15) is 0 Å². The molecule has 0 spiro atoms. The normalized spacial score (nSPS) is 25.2. The summed E-state index contributed by atoms with van der Waals surface area (Å²) in [6, 6.07) is 0. The second kappa shape index (κ2) is 31.5. The van der Waals surface area contributed by atoms with Gasteiger partial charge in [0.05, 0.1) is 21.1 Å². The van der Waals surface area contributed by atoms with E-state index >= 15 is 0 Å². The molecule has 0 aromatic carbocycles. The number of aliphatic hydroxyl groups is 2. The van der Waals surface area contributed by atoms with Crippen molar-refractivity contribution in [3.63, 3.8) is 0 Å². The van der Waals surface area contributed by atoms with Crippen LogP contribution in [0.3, 0.4) is 0 Å². The van der Waals surface area contributed by atoms with Crippen LogP contribution in [-0.4, -0.2) is 101 Å². The number of hydrogen-bond donors (Lipinski definition) is 3. The summed E-state index contributed by atoms with van der Waals surface area (Å²) in [4.78, 5) is 34.4.